The van der Waals surface area contributed by atoms with E-state index in [0.29, 0.717) is 23.3 Å². The maximum atomic E-state index is 13.5. The van der Waals surface area contributed by atoms with Crippen molar-refractivity contribution in [2.24, 2.45) is 5.92 Å². The Bertz CT molecular complexity index is 1010. The van der Waals surface area contributed by atoms with E-state index >= 15 is 0 Å². The summed E-state index contributed by atoms with van der Waals surface area (Å²) in [7, 11) is 3.38. The van der Waals surface area contributed by atoms with Crippen LogP contribution in [-0.4, -0.2) is 50.7 Å². The molecule has 3 aliphatic rings. The van der Waals surface area contributed by atoms with Crippen LogP contribution in [0, 0.1) is 5.92 Å². The fraction of sp³-hybridized carbons (Fsp3) is 0.519. The van der Waals surface area contributed by atoms with E-state index in [2.05, 4.69) is 15.5 Å². The summed E-state index contributed by atoms with van der Waals surface area (Å²) in [5.74, 6) is 2.07. The number of nitrogens with zero attached hydrogens (tertiary/aromatic N) is 1. The van der Waals surface area contributed by atoms with Crippen molar-refractivity contribution >= 4 is 5.91 Å². The first-order valence-corrected chi connectivity index (χ1v) is 12.2. The van der Waals surface area contributed by atoms with Gasteiger partial charge in [-0.2, -0.15) is 0 Å². The number of rotatable bonds is 5. The Labute approximate surface area is 196 Å². The lowest BCUT2D eigenvalue weighted by atomic mass is 9.76. The highest BCUT2D eigenvalue weighted by molar-refractivity contribution is 5.98. The van der Waals surface area contributed by atoms with Crippen molar-refractivity contribution in [2.75, 3.05) is 33.9 Å². The average Bonchev–Trinajstić information content (AvgIpc) is 2.86. The Morgan fingerprint density at radius 1 is 1.21 bits per heavy atom. The molecule has 0 saturated carbocycles. The van der Waals surface area contributed by atoms with Gasteiger partial charge < -0.3 is 20.1 Å². The summed E-state index contributed by atoms with van der Waals surface area (Å²) in [6, 6.07) is 12.5. The van der Waals surface area contributed by atoms with Gasteiger partial charge in [-0.25, -0.2) is 0 Å². The van der Waals surface area contributed by atoms with E-state index in [1.165, 1.54) is 18.4 Å². The highest BCUT2D eigenvalue weighted by Gasteiger charge is 2.42. The number of fused-ring (bicyclic) bond motifs is 4. The first-order valence-electron chi connectivity index (χ1n) is 12.2. The molecule has 5 rings (SSSR count). The van der Waals surface area contributed by atoms with Gasteiger partial charge in [-0.15, -0.1) is 0 Å². The first kappa shape index (κ1) is 22.2. The van der Waals surface area contributed by atoms with E-state index in [0.717, 1.165) is 49.4 Å². The van der Waals surface area contributed by atoms with E-state index in [1.807, 2.05) is 43.3 Å². The molecule has 0 spiro atoms. The second kappa shape index (κ2) is 9.35. The van der Waals surface area contributed by atoms with Crippen LogP contribution in [0.25, 0.3) is 0 Å². The minimum absolute atomic E-state index is 0.108. The van der Waals surface area contributed by atoms with Crippen molar-refractivity contribution in [3.05, 3.63) is 58.7 Å². The second-order valence-electron chi connectivity index (χ2n) is 9.62. The van der Waals surface area contributed by atoms with Gasteiger partial charge in [0.1, 0.15) is 11.5 Å². The molecule has 3 aliphatic heterocycles. The standard InChI is InChI=1S/C27H35N3O3/c1-17(18-8-5-4-6-9-18)29-27(31)21-14-24(32-2)20-11-13-30-16-19-10-7-12-28-22(19)15-23(30)25(20)26(21)33-3/h4-6,8-9,14,17,19,22-23,28H,7,10-13,15-16H2,1-3H3,(H,29,31)/t17-,19+,22-,23-/m1/s1. The first-order chi connectivity index (χ1) is 16.1. The molecule has 6 nitrogen and oxygen atoms in total. The van der Waals surface area contributed by atoms with Gasteiger partial charge in [0.15, 0.2) is 0 Å². The predicted octanol–water partition coefficient (Wildman–Crippen LogP) is 3.87. The Morgan fingerprint density at radius 2 is 2.03 bits per heavy atom. The van der Waals surface area contributed by atoms with Crippen molar-refractivity contribution in [3.63, 3.8) is 0 Å². The molecule has 6 heteroatoms. The number of methoxy groups -OCH3 is 2. The molecule has 2 fully saturated rings. The van der Waals surface area contributed by atoms with Crippen LogP contribution in [0.15, 0.2) is 36.4 Å². The summed E-state index contributed by atoms with van der Waals surface area (Å²) >= 11 is 0. The largest absolute Gasteiger partial charge is 0.496 e. The molecular formula is C27H35N3O3. The van der Waals surface area contributed by atoms with Gasteiger partial charge in [-0.05, 0) is 56.7 Å². The Morgan fingerprint density at radius 3 is 2.79 bits per heavy atom. The molecule has 0 aromatic heterocycles. The van der Waals surface area contributed by atoms with Gasteiger partial charge in [-0.3, -0.25) is 9.69 Å². The van der Waals surface area contributed by atoms with Crippen LogP contribution >= 0.6 is 0 Å². The molecular weight excluding hydrogens is 414 g/mol. The van der Waals surface area contributed by atoms with E-state index in [-0.39, 0.29) is 18.0 Å². The van der Waals surface area contributed by atoms with E-state index in [1.54, 1.807) is 14.2 Å². The molecule has 0 aliphatic carbocycles. The van der Waals surface area contributed by atoms with Gasteiger partial charge >= 0.3 is 0 Å². The fourth-order valence-corrected chi connectivity index (χ4v) is 6.11. The molecule has 4 atom stereocenters. The van der Waals surface area contributed by atoms with Crippen LogP contribution in [0.5, 0.6) is 11.5 Å². The van der Waals surface area contributed by atoms with Crippen LogP contribution < -0.4 is 20.1 Å². The minimum Gasteiger partial charge on any atom is -0.496 e. The SMILES string of the molecule is COc1cc(C(=O)N[C@H](C)c2ccccc2)c(OC)c2c1CCN1C[C@@H]3CCCN[C@@H]3C[C@H]21. The Kier molecular flexibility index (Phi) is 6.30. The molecule has 2 aromatic rings. The minimum atomic E-state index is -0.133. The maximum absolute atomic E-state index is 13.5. The molecule has 33 heavy (non-hydrogen) atoms. The van der Waals surface area contributed by atoms with E-state index < -0.39 is 0 Å². The number of carbonyl (C=O) groups is 1. The Hall–Kier alpha value is -2.57. The lowest BCUT2D eigenvalue weighted by Gasteiger charge is -2.49. The monoisotopic (exact) mass is 449 g/mol. The van der Waals surface area contributed by atoms with Crippen molar-refractivity contribution < 1.29 is 14.3 Å². The quantitative estimate of drug-likeness (QED) is 0.726. The summed E-state index contributed by atoms with van der Waals surface area (Å²) in [4.78, 5) is 16.1. The number of piperidine rings is 2. The van der Waals surface area contributed by atoms with Crippen molar-refractivity contribution in [1.29, 1.82) is 0 Å². The van der Waals surface area contributed by atoms with Gasteiger partial charge in [0.2, 0.25) is 0 Å². The molecule has 3 heterocycles. The van der Waals surface area contributed by atoms with Gasteiger partial charge in [0, 0.05) is 36.3 Å². The molecule has 2 saturated heterocycles. The Balaban J connectivity index is 1.51. The summed E-state index contributed by atoms with van der Waals surface area (Å²) in [6.45, 7) is 5.24. The van der Waals surface area contributed by atoms with E-state index in [4.69, 9.17) is 9.47 Å². The van der Waals surface area contributed by atoms with Crippen LogP contribution in [0.4, 0.5) is 0 Å². The van der Waals surface area contributed by atoms with Gasteiger partial charge in [0.05, 0.1) is 25.8 Å². The normalized spacial score (nSPS) is 25.2. The summed E-state index contributed by atoms with van der Waals surface area (Å²) in [5.41, 5.74) is 3.96. The van der Waals surface area contributed by atoms with Crippen LogP contribution in [0.1, 0.15) is 65.3 Å². The topological polar surface area (TPSA) is 62.8 Å². The average molecular weight is 450 g/mol. The third-order valence-electron chi connectivity index (χ3n) is 7.80. The zero-order valence-electron chi connectivity index (χ0n) is 19.9. The zero-order valence-corrected chi connectivity index (χ0v) is 19.9. The number of hydrogen-bond donors (Lipinski definition) is 2. The number of hydrogen-bond acceptors (Lipinski definition) is 5. The van der Waals surface area contributed by atoms with Gasteiger partial charge in [-0.1, -0.05) is 30.3 Å². The third kappa shape index (κ3) is 4.11. The van der Waals surface area contributed by atoms with Crippen molar-refractivity contribution in [3.8, 4) is 11.5 Å². The van der Waals surface area contributed by atoms with Crippen LogP contribution in [-0.2, 0) is 6.42 Å². The lowest BCUT2D eigenvalue weighted by molar-refractivity contribution is 0.0532. The number of nitrogens with one attached hydrogen (secondary N) is 2. The summed E-state index contributed by atoms with van der Waals surface area (Å²) < 4.78 is 11.8. The fourth-order valence-electron chi connectivity index (χ4n) is 6.11. The zero-order chi connectivity index (χ0) is 22.9. The molecule has 176 valence electrons. The number of benzene rings is 2. The van der Waals surface area contributed by atoms with Crippen LogP contribution in [0.3, 0.4) is 0 Å². The van der Waals surface area contributed by atoms with Gasteiger partial charge in [0.25, 0.3) is 5.91 Å². The molecule has 1 amide bonds. The van der Waals surface area contributed by atoms with E-state index in [9.17, 15) is 4.79 Å². The lowest BCUT2D eigenvalue weighted by Crippen LogP contribution is -2.54. The van der Waals surface area contributed by atoms with Crippen molar-refractivity contribution in [2.45, 2.75) is 50.7 Å². The highest BCUT2D eigenvalue weighted by atomic mass is 16.5. The number of amides is 1. The third-order valence-corrected chi connectivity index (χ3v) is 7.80. The molecule has 0 bridgehead atoms. The maximum Gasteiger partial charge on any atom is 0.255 e. The second-order valence-corrected chi connectivity index (χ2v) is 9.62. The highest BCUT2D eigenvalue weighted by Crippen LogP contribution is 2.48. The molecule has 2 N–H and O–H groups in total. The molecule has 0 unspecified atom stereocenters. The summed E-state index contributed by atoms with van der Waals surface area (Å²) in [6.07, 6.45) is 4.52. The number of ether oxygens (including phenoxy) is 2. The predicted molar refractivity (Wildman–Crippen MR) is 129 cm³/mol. The number of carbonyl (C=O) groups excluding carboxylic acids is 1. The molecule has 2 aromatic carbocycles. The van der Waals surface area contributed by atoms with Crippen LogP contribution in [0.2, 0.25) is 0 Å². The van der Waals surface area contributed by atoms with Crippen molar-refractivity contribution in [1.82, 2.24) is 15.5 Å². The summed E-state index contributed by atoms with van der Waals surface area (Å²) in [5, 5.41) is 6.92. The smallest absolute Gasteiger partial charge is 0.255 e. The molecule has 0 radical (unpaired) electrons.